The van der Waals surface area contributed by atoms with Gasteiger partial charge in [0.1, 0.15) is 0 Å². The quantitative estimate of drug-likeness (QED) is 0.824. The second-order valence-corrected chi connectivity index (χ2v) is 6.14. The first-order valence-electron chi connectivity index (χ1n) is 4.61. The molecule has 94 valence electrons. The van der Waals surface area contributed by atoms with Gasteiger partial charge < -0.3 is 5.11 Å². The lowest BCUT2D eigenvalue weighted by molar-refractivity contribution is -0.193. The number of carbonyl (C=O) groups is 1. The van der Waals surface area contributed by atoms with E-state index in [0.717, 1.165) is 0 Å². The molecular weight excluding hydrogens is 249 g/mol. The Kier molecular flexibility index (Phi) is 3.51. The average Bonchev–Trinajstić information content (AvgIpc) is 2.39. The van der Waals surface area contributed by atoms with E-state index in [0.29, 0.717) is 0 Å². The lowest BCUT2D eigenvalue weighted by Gasteiger charge is -2.23. The molecule has 0 aromatic heterocycles. The second-order valence-electron chi connectivity index (χ2n) is 3.91. The standard InChI is InChI=1S/C8H11F3O4S/c9-8(10,11)6(3-7(12)13)5-1-2-16(14,15)4-5/h5-6H,1-4H2,(H,12,13). The Morgan fingerprint density at radius 3 is 2.31 bits per heavy atom. The van der Waals surface area contributed by atoms with E-state index in [1.807, 2.05) is 0 Å². The van der Waals surface area contributed by atoms with E-state index in [1.54, 1.807) is 0 Å². The van der Waals surface area contributed by atoms with E-state index < -0.39 is 46.0 Å². The topological polar surface area (TPSA) is 71.4 Å². The van der Waals surface area contributed by atoms with Gasteiger partial charge in [-0.1, -0.05) is 0 Å². The van der Waals surface area contributed by atoms with Gasteiger partial charge in [0.15, 0.2) is 9.84 Å². The Hall–Kier alpha value is -0.790. The largest absolute Gasteiger partial charge is 0.481 e. The molecule has 0 aromatic carbocycles. The maximum Gasteiger partial charge on any atom is 0.392 e. The van der Waals surface area contributed by atoms with Gasteiger partial charge in [-0.25, -0.2) is 8.42 Å². The van der Waals surface area contributed by atoms with E-state index in [2.05, 4.69) is 0 Å². The van der Waals surface area contributed by atoms with Crippen molar-refractivity contribution in [2.45, 2.75) is 19.0 Å². The first kappa shape index (κ1) is 13.3. The summed E-state index contributed by atoms with van der Waals surface area (Å²) in [7, 11) is -3.43. The van der Waals surface area contributed by atoms with Gasteiger partial charge in [0.25, 0.3) is 0 Å². The third kappa shape index (κ3) is 3.36. The lowest BCUT2D eigenvalue weighted by atomic mass is 9.88. The molecule has 0 aliphatic carbocycles. The highest BCUT2D eigenvalue weighted by Crippen LogP contribution is 2.39. The molecule has 2 unspecified atom stereocenters. The maximum absolute atomic E-state index is 12.5. The van der Waals surface area contributed by atoms with Gasteiger partial charge in [-0.3, -0.25) is 4.79 Å². The molecule has 1 aliphatic heterocycles. The number of rotatable bonds is 3. The van der Waals surface area contributed by atoms with Crippen LogP contribution in [-0.4, -0.2) is 37.2 Å². The van der Waals surface area contributed by atoms with Crippen LogP contribution in [0.4, 0.5) is 13.2 Å². The number of halogens is 3. The summed E-state index contributed by atoms with van der Waals surface area (Å²) >= 11 is 0. The molecule has 0 amide bonds. The van der Waals surface area contributed by atoms with Crippen molar-refractivity contribution in [3.63, 3.8) is 0 Å². The SMILES string of the molecule is O=C(O)CC(C1CCS(=O)(=O)C1)C(F)(F)F. The third-order valence-electron chi connectivity index (χ3n) is 2.65. The van der Waals surface area contributed by atoms with Crippen molar-refractivity contribution in [2.75, 3.05) is 11.5 Å². The van der Waals surface area contributed by atoms with Crippen LogP contribution in [0, 0.1) is 11.8 Å². The molecule has 1 fully saturated rings. The van der Waals surface area contributed by atoms with Gasteiger partial charge >= 0.3 is 12.1 Å². The number of carboxylic acid groups (broad SMARTS) is 1. The van der Waals surface area contributed by atoms with Gasteiger partial charge in [-0.05, 0) is 12.3 Å². The molecule has 2 atom stereocenters. The molecule has 0 saturated carbocycles. The molecule has 1 saturated heterocycles. The summed E-state index contributed by atoms with van der Waals surface area (Å²) in [6.45, 7) is 0. The van der Waals surface area contributed by atoms with Crippen LogP contribution in [0.5, 0.6) is 0 Å². The van der Waals surface area contributed by atoms with Crippen LogP contribution < -0.4 is 0 Å². The zero-order chi connectivity index (χ0) is 12.6. The molecular formula is C8H11F3O4S. The molecule has 0 bridgehead atoms. The Morgan fingerprint density at radius 1 is 1.44 bits per heavy atom. The maximum atomic E-state index is 12.5. The van der Waals surface area contributed by atoms with Gasteiger partial charge in [-0.2, -0.15) is 13.2 Å². The summed E-state index contributed by atoms with van der Waals surface area (Å²) in [5.41, 5.74) is 0. The summed E-state index contributed by atoms with van der Waals surface area (Å²) < 4.78 is 59.7. The predicted molar refractivity (Wildman–Crippen MR) is 48.6 cm³/mol. The number of aliphatic carboxylic acids is 1. The summed E-state index contributed by atoms with van der Waals surface area (Å²) in [5.74, 6) is -5.61. The van der Waals surface area contributed by atoms with Crippen LogP contribution in [-0.2, 0) is 14.6 Å². The van der Waals surface area contributed by atoms with Crippen LogP contribution in [0.3, 0.4) is 0 Å². The highest BCUT2D eigenvalue weighted by Gasteiger charge is 2.48. The van der Waals surface area contributed by atoms with Crippen LogP contribution in [0.1, 0.15) is 12.8 Å². The molecule has 4 nitrogen and oxygen atoms in total. The molecule has 1 heterocycles. The zero-order valence-electron chi connectivity index (χ0n) is 8.20. The summed E-state index contributed by atoms with van der Waals surface area (Å²) in [5, 5.41) is 8.39. The summed E-state index contributed by atoms with van der Waals surface area (Å²) in [6.07, 6.45) is -5.84. The van der Waals surface area contributed by atoms with E-state index >= 15 is 0 Å². The van der Waals surface area contributed by atoms with Crippen LogP contribution in [0.2, 0.25) is 0 Å². The molecule has 1 N–H and O–H groups in total. The summed E-state index contributed by atoms with van der Waals surface area (Å²) in [4.78, 5) is 10.3. The van der Waals surface area contributed by atoms with Gasteiger partial charge in [0.2, 0.25) is 0 Å². The monoisotopic (exact) mass is 260 g/mol. The van der Waals surface area contributed by atoms with E-state index in [1.165, 1.54) is 0 Å². The molecule has 0 aromatic rings. The third-order valence-corrected chi connectivity index (χ3v) is 4.45. The van der Waals surface area contributed by atoms with Crippen molar-refractivity contribution in [3.8, 4) is 0 Å². The fourth-order valence-electron chi connectivity index (χ4n) is 1.88. The molecule has 1 aliphatic rings. The van der Waals surface area contributed by atoms with Crippen molar-refractivity contribution in [1.82, 2.24) is 0 Å². The number of hydrogen-bond donors (Lipinski definition) is 1. The van der Waals surface area contributed by atoms with Gasteiger partial charge in [-0.15, -0.1) is 0 Å². The second kappa shape index (κ2) is 4.23. The van der Waals surface area contributed by atoms with E-state index in [9.17, 15) is 26.4 Å². The number of carboxylic acids is 1. The van der Waals surface area contributed by atoms with Crippen molar-refractivity contribution >= 4 is 15.8 Å². The van der Waals surface area contributed by atoms with Crippen molar-refractivity contribution < 1.29 is 31.5 Å². The normalized spacial score (nSPS) is 26.6. The van der Waals surface area contributed by atoms with Crippen molar-refractivity contribution in [2.24, 2.45) is 11.8 Å². The minimum atomic E-state index is -4.66. The molecule has 0 spiro atoms. The number of alkyl halides is 3. The highest BCUT2D eigenvalue weighted by atomic mass is 32.2. The minimum Gasteiger partial charge on any atom is -0.481 e. The van der Waals surface area contributed by atoms with Crippen LogP contribution >= 0.6 is 0 Å². The Bertz CT molecular complexity index is 373. The molecule has 1 rings (SSSR count). The lowest BCUT2D eigenvalue weighted by Crippen LogP contribution is -2.33. The highest BCUT2D eigenvalue weighted by molar-refractivity contribution is 7.91. The molecule has 16 heavy (non-hydrogen) atoms. The van der Waals surface area contributed by atoms with Crippen LogP contribution in [0.25, 0.3) is 0 Å². The zero-order valence-corrected chi connectivity index (χ0v) is 9.01. The Labute approximate surface area is 90.4 Å². The first-order chi connectivity index (χ1) is 7.12. The summed E-state index contributed by atoms with van der Waals surface area (Å²) in [6, 6.07) is 0. The van der Waals surface area contributed by atoms with Gasteiger partial charge in [0.05, 0.1) is 23.8 Å². The Morgan fingerprint density at radius 2 is 2.00 bits per heavy atom. The molecule has 8 heteroatoms. The van der Waals surface area contributed by atoms with Crippen LogP contribution in [0.15, 0.2) is 0 Å². The fourth-order valence-corrected chi connectivity index (χ4v) is 3.76. The van der Waals surface area contributed by atoms with Crippen molar-refractivity contribution in [1.29, 1.82) is 0 Å². The van der Waals surface area contributed by atoms with E-state index in [4.69, 9.17) is 5.11 Å². The fraction of sp³-hybridized carbons (Fsp3) is 0.875. The van der Waals surface area contributed by atoms with Gasteiger partial charge in [0, 0.05) is 0 Å². The smallest absolute Gasteiger partial charge is 0.392 e. The average molecular weight is 260 g/mol. The van der Waals surface area contributed by atoms with E-state index in [-0.39, 0.29) is 12.2 Å². The van der Waals surface area contributed by atoms with Crippen molar-refractivity contribution in [3.05, 3.63) is 0 Å². The molecule has 0 radical (unpaired) electrons. The Balaban J connectivity index is 2.83. The number of hydrogen-bond acceptors (Lipinski definition) is 3. The predicted octanol–water partition coefficient (Wildman–Crippen LogP) is 1.07. The first-order valence-corrected chi connectivity index (χ1v) is 6.43. The number of sulfone groups is 1. The minimum absolute atomic E-state index is 0.111.